The summed E-state index contributed by atoms with van der Waals surface area (Å²) in [6.07, 6.45) is 5.27. The molecular formula is C22H27F3O. The van der Waals surface area contributed by atoms with E-state index in [9.17, 15) is 13.2 Å². The van der Waals surface area contributed by atoms with Crippen LogP contribution in [0.25, 0.3) is 6.08 Å². The zero-order valence-electron chi connectivity index (χ0n) is 15.9. The van der Waals surface area contributed by atoms with Crippen molar-refractivity contribution in [3.63, 3.8) is 0 Å². The zero-order chi connectivity index (χ0) is 19.9. The average molecular weight is 364 g/mol. The van der Waals surface area contributed by atoms with E-state index < -0.39 is 11.7 Å². The van der Waals surface area contributed by atoms with Crippen LogP contribution in [0, 0.1) is 24.6 Å². The molecule has 26 heavy (non-hydrogen) atoms. The molecular weight excluding hydrogens is 337 g/mol. The van der Waals surface area contributed by atoms with Crippen molar-refractivity contribution in [3.05, 3.63) is 77.4 Å². The summed E-state index contributed by atoms with van der Waals surface area (Å²) in [6.45, 7) is 12.5. The van der Waals surface area contributed by atoms with Gasteiger partial charge in [0.1, 0.15) is 11.6 Å². The van der Waals surface area contributed by atoms with E-state index in [2.05, 4.69) is 17.9 Å². The Balaban J connectivity index is 2.61. The third kappa shape index (κ3) is 6.25. The monoisotopic (exact) mass is 364 g/mol. The third-order valence-corrected chi connectivity index (χ3v) is 4.43. The van der Waals surface area contributed by atoms with Gasteiger partial charge in [0.25, 0.3) is 0 Å². The van der Waals surface area contributed by atoms with Crippen molar-refractivity contribution in [1.29, 1.82) is 0 Å². The molecule has 0 aliphatic carbocycles. The van der Waals surface area contributed by atoms with Crippen molar-refractivity contribution in [2.24, 2.45) is 11.8 Å². The van der Waals surface area contributed by atoms with Crippen LogP contribution >= 0.6 is 0 Å². The first-order valence-corrected chi connectivity index (χ1v) is 8.59. The van der Waals surface area contributed by atoms with Gasteiger partial charge in [0.05, 0.1) is 7.11 Å². The molecule has 1 rings (SSSR count). The standard InChI is InChI=1S/C22H27F3O/c1-14(8-11-19-12-10-16(3)20(23)13-19)7-9-15(2)17(4)21(24)22(25)18(5)26-6/h8,10-15H,4-5,7,9H2,1-3,6H3/b11-8+,22-21-. The van der Waals surface area contributed by atoms with Gasteiger partial charge in [-0.2, -0.15) is 4.39 Å². The molecule has 0 bridgehead atoms. The van der Waals surface area contributed by atoms with Crippen LogP contribution in [0.5, 0.6) is 0 Å². The summed E-state index contributed by atoms with van der Waals surface area (Å²) in [7, 11) is 1.23. The Labute approximate surface area is 154 Å². The lowest BCUT2D eigenvalue weighted by atomic mass is 9.91. The average Bonchev–Trinajstić information content (AvgIpc) is 2.64. The highest BCUT2D eigenvalue weighted by atomic mass is 19.2. The molecule has 0 amide bonds. The van der Waals surface area contributed by atoms with Gasteiger partial charge < -0.3 is 4.74 Å². The van der Waals surface area contributed by atoms with Crippen molar-refractivity contribution in [1.82, 2.24) is 0 Å². The smallest absolute Gasteiger partial charge is 0.200 e. The Hall–Kier alpha value is -2.23. The topological polar surface area (TPSA) is 9.23 Å². The molecule has 0 aliphatic heterocycles. The second-order valence-corrected chi connectivity index (χ2v) is 6.60. The normalized spacial score (nSPS) is 14.7. The zero-order valence-corrected chi connectivity index (χ0v) is 15.9. The van der Waals surface area contributed by atoms with E-state index in [1.807, 2.05) is 25.1 Å². The lowest BCUT2D eigenvalue weighted by Crippen LogP contribution is -2.04. The Morgan fingerprint density at radius 2 is 1.81 bits per heavy atom. The molecule has 2 atom stereocenters. The van der Waals surface area contributed by atoms with Crippen LogP contribution in [0.15, 0.2) is 60.4 Å². The van der Waals surface area contributed by atoms with Gasteiger partial charge in [-0.3, -0.25) is 0 Å². The highest BCUT2D eigenvalue weighted by Gasteiger charge is 2.18. The Morgan fingerprint density at radius 3 is 2.38 bits per heavy atom. The Morgan fingerprint density at radius 1 is 1.15 bits per heavy atom. The number of hydrogen-bond acceptors (Lipinski definition) is 1. The van der Waals surface area contributed by atoms with E-state index in [4.69, 9.17) is 0 Å². The highest BCUT2D eigenvalue weighted by molar-refractivity contribution is 5.50. The molecule has 0 radical (unpaired) electrons. The first kappa shape index (κ1) is 21.8. The first-order chi connectivity index (χ1) is 12.2. The summed E-state index contributed by atoms with van der Waals surface area (Å²) in [5.41, 5.74) is 1.50. The largest absolute Gasteiger partial charge is 0.494 e. The van der Waals surface area contributed by atoms with Crippen LogP contribution in [0.1, 0.15) is 37.8 Å². The number of allylic oxidation sites excluding steroid dienone is 4. The molecule has 142 valence electrons. The van der Waals surface area contributed by atoms with Crippen molar-refractivity contribution >= 4 is 6.08 Å². The van der Waals surface area contributed by atoms with Gasteiger partial charge in [-0.1, -0.05) is 51.3 Å². The van der Waals surface area contributed by atoms with E-state index in [1.54, 1.807) is 19.9 Å². The summed E-state index contributed by atoms with van der Waals surface area (Å²) in [6, 6.07) is 5.09. The number of benzene rings is 1. The SMILES string of the molecule is C=C(OC)/C(F)=C(/F)C(=C)C(C)CCC(C)/C=C/c1ccc(C)c(F)c1. The second kappa shape index (κ2) is 10.0. The van der Waals surface area contributed by atoms with Crippen LogP contribution in [0.4, 0.5) is 13.2 Å². The number of aryl methyl sites for hydroxylation is 1. The number of hydrogen-bond donors (Lipinski definition) is 0. The predicted molar refractivity (Wildman–Crippen MR) is 102 cm³/mol. The van der Waals surface area contributed by atoms with Crippen molar-refractivity contribution in [2.75, 3.05) is 7.11 Å². The molecule has 0 saturated heterocycles. The fourth-order valence-corrected chi connectivity index (χ4v) is 2.34. The molecule has 0 saturated carbocycles. The number of halogens is 3. The maximum absolute atomic E-state index is 14.1. The minimum atomic E-state index is -1.11. The molecule has 0 spiro atoms. The molecule has 4 heteroatoms. The van der Waals surface area contributed by atoms with Crippen LogP contribution in [-0.4, -0.2) is 7.11 Å². The summed E-state index contributed by atoms with van der Waals surface area (Å²) >= 11 is 0. The van der Waals surface area contributed by atoms with E-state index in [1.165, 1.54) is 13.2 Å². The fourth-order valence-electron chi connectivity index (χ4n) is 2.34. The predicted octanol–water partition coefficient (Wildman–Crippen LogP) is 7.07. The van der Waals surface area contributed by atoms with E-state index in [0.717, 1.165) is 12.0 Å². The lowest BCUT2D eigenvalue weighted by Gasteiger charge is -2.16. The summed E-state index contributed by atoms with van der Waals surface area (Å²) in [4.78, 5) is 0. The lowest BCUT2D eigenvalue weighted by molar-refractivity contribution is 0.280. The van der Waals surface area contributed by atoms with Gasteiger partial charge in [0.2, 0.25) is 0 Å². The minimum absolute atomic E-state index is 0.0949. The third-order valence-electron chi connectivity index (χ3n) is 4.43. The van der Waals surface area contributed by atoms with E-state index in [0.29, 0.717) is 12.0 Å². The Bertz CT molecular complexity index is 716. The molecule has 0 aliphatic rings. The molecule has 0 heterocycles. The summed E-state index contributed by atoms with van der Waals surface area (Å²) < 4.78 is 46.0. The molecule has 2 unspecified atom stereocenters. The van der Waals surface area contributed by atoms with Crippen LogP contribution in [0.2, 0.25) is 0 Å². The van der Waals surface area contributed by atoms with Crippen molar-refractivity contribution < 1.29 is 17.9 Å². The quantitative estimate of drug-likeness (QED) is 0.336. The van der Waals surface area contributed by atoms with Gasteiger partial charge in [0.15, 0.2) is 11.7 Å². The minimum Gasteiger partial charge on any atom is -0.494 e. The maximum Gasteiger partial charge on any atom is 0.200 e. The fraction of sp³-hybridized carbons (Fsp3) is 0.364. The van der Waals surface area contributed by atoms with Gasteiger partial charge >= 0.3 is 0 Å². The number of rotatable bonds is 9. The maximum atomic E-state index is 14.1. The molecule has 0 N–H and O–H groups in total. The number of ether oxygens (including phenoxy) is 1. The van der Waals surface area contributed by atoms with Crippen LogP contribution < -0.4 is 0 Å². The van der Waals surface area contributed by atoms with Gasteiger partial charge in [0, 0.05) is 0 Å². The molecule has 0 fully saturated rings. The molecule has 1 aromatic rings. The van der Waals surface area contributed by atoms with Crippen LogP contribution in [0.3, 0.4) is 0 Å². The molecule has 1 aromatic carbocycles. The summed E-state index contributed by atoms with van der Waals surface area (Å²) in [5, 5.41) is 0. The second-order valence-electron chi connectivity index (χ2n) is 6.60. The van der Waals surface area contributed by atoms with Crippen molar-refractivity contribution in [2.45, 2.75) is 33.6 Å². The van der Waals surface area contributed by atoms with Crippen LogP contribution in [-0.2, 0) is 4.74 Å². The van der Waals surface area contributed by atoms with E-state index in [-0.39, 0.29) is 29.0 Å². The summed E-state index contributed by atoms with van der Waals surface area (Å²) in [5.74, 6) is -2.72. The highest BCUT2D eigenvalue weighted by Crippen LogP contribution is 2.30. The van der Waals surface area contributed by atoms with Gasteiger partial charge in [-0.05, 0) is 54.4 Å². The molecule has 0 aromatic heterocycles. The molecule has 1 nitrogen and oxygen atoms in total. The van der Waals surface area contributed by atoms with Gasteiger partial charge in [-0.25, -0.2) is 8.78 Å². The Kier molecular flexibility index (Phi) is 8.43. The van der Waals surface area contributed by atoms with E-state index >= 15 is 0 Å². The first-order valence-electron chi connectivity index (χ1n) is 8.59. The van der Waals surface area contributed by atoms with Crippen molar-refractivity contribution in [3.8, 4) is 0 Å². The van der Waals surface area contributed by atoms with Gasteiger partial charge in [-0.15, -0.1) is 0 Å². The number of methoxy groups -OCH3 is 1.